The quantitative estimate of drug-likeness (QED) is 0.512. The third-order valence-corrected chi connectivity index (χ3v) is 3.18. The molecule has 16 heavy (non-hydrogen) atoms. The molecule has 0 aliphatic carbocycles. The molecule has 0 aliphatic heterocycles. The first kappa shape index (κ1) is 13.4. The van der Waals surface area contributed by atoms with Crippen LogP contribution in [0.25, 0.3) is 0 Å². The minimum Gasteiger partial charge on any atom is -0.542 e. The van der Waals surface area contributed by atoms with Gasteiger partial charge in [0.2, 0.25) is 8.32 Å². The van der Waals surface area contributed by atoms with Crippen LogP contribution in [0.1, 0.15) is 38.4 Å². The van der Waals surface area contributed by atoms with Gasteiger partial charge in [0, 0.05) is 12.5 Å². The SMILES string of the molecule is CCCCCCc1cc(O[Si](C)(C)C)co1. The van der Waals surface area contributed by atoms with Crippen LogP contribution >= 0.6 is 0 Å². The van der Waals surface area contributed by atoms with Crippen molar-refractivity contribution in [2.24, 2.45) is 0 Å². The summed E-state index contributed by atoms with van der Waals surface area (Å²) in [6.07, 6.45) is 7.89. The smallest absolute Gasteiger partial charge is 0.242 e. The van der Waals surface area contributed by atoms with Gasteiger partial charge in [0.25, 0.3) is 0 Å². The van der Waals surface area contributed by atoms with Crippen LogP contribution in [-0.2, 0) is 6.42 Å². The molecule has 1 aromatic rings. The summed E-state index contributed by atoms with van der Waals surface area (Å²) in [5.74, 6) is 1.97. The van der Waals surface area contributed by atoms with Gasteiger partial charge in [-0.05, 0) is 26.1 Å². The molecule has 2 nitrogen and oxygen atoms in total. The maximum atomic E-state index is 5.85. The van der Waals surface area contributed by atoms with E-state index in [4.69, 9.17) is 8.84 Å². The third-order valence-electron chi connectivity index (χ3n) is 2.33. The molecule has 3 heteroatoms. The average Bonchev–Trinajstić information content (AvgIpc) is 2.58. The third kappa shape index (κ3) is 5.40. The number of aryl methyl sites for hydroxylation is 1. The van der Waals surface area contributed by atoms with Crippen molar-refractivity contribution in [1.82, 2.24) is 0 Å². The molecule has 0 aromatic carbocycles. The Bertz CT molecular complexity index is 299. The molecular weight excluding hydrogens is 216 g/mol. The summed E-state index contributed by atoms with van der Waals surface area (Å²) in [4.78, 5) is 0. The average molecular weight is 240 g/mol. The highest BCUT2D eigenvalue weighted by Crippen LogP contribution is 2.21. The first-order valence-electron chi connectivity index (χ1n) is 6.27. The second-order valence-corrected chi connectivity index (χ2v) is 9.70. The van der Waals surface area contributed by atoms with Crippen LogP contribution in [0.3, 0.4) is 0 Å². The Labute approximate surface area is 100 Å². The number of hydrogen-bond donors (Lipinski definition) is 0. The van der Waals surface area contributed by atoms with Crippen LogP contribution in [0.4, 0.5) is 0 Å². The fourth-order valence-corrected chi connectivity index (χ4v) is 2.44. The largest absolute Gasteiger partial charge is 0.542 e. The molecule has 0 saturated carbocycles. The zero-order valence-electron chi connectivity index (χ0n) is 11.0. The first-order valence-corrected chi connectivity index (χ1v) is 9.68. The topological polar surface area (TPSA) is 22.4 Å². The summed E-state index contributed by atoms with van der Waals surface area (Å²) >= 11 is 0. The summed E-state index contributed by atoms with van der Waals surface area (Å²) in [6.45, 7) is 8.77. The van der Waals surface area contributed by atoms with Gasteiger partial charge in [0.15, 0.2) is 0 Å². The lowest BCUT2D eigenvalue weighted by Gasteiger charge is -2.16. The second-order valence-electron chi connectivity index (χ2n) is 5.27. The minimum atomic E-state index is -1.49. The molecule has 0 atom stereocenters. The van der Waals surface area contributed by atoms with E-state index in [0.717, 1.165) is 17.9 Å². The lowest BCUT2D eigenvalue weighted by molar-refractivity contribution is 0.481. The highest BCUT2D eigenvalue weighted by atomic mass is 28.4. The monoisotopic (exact) mass is 240 g/mol. The van der Waals surface area contributed by atoms with Gasteiger partial charge in [-0.1, -0.05) is 26.2 Å². The molecular formula is C13H24O2Si. The molecule has 92 valence electrons. The number of furan rings is 1. The Balaban J connectivity index is 2.34. The fraction of sp³-hybridized carbons (Fsp3) is 0.692. The Kier molecular flexibility index (Phi) is 5.12. The van der Waals surface area contributed by atoms with Crippen LogP contribution in [0.15, 0.2) is 16.7 Å². The van der Waals surface area contributed by atoms with Crippen LogP contribution in [0.5, 0.6) is 5.75 Å². The van der Waals surface area contributed by atoms with Crippen molar-refractivity contribution in [3.8, 4) is 5.75 Å². The summed E-state index contributed by atoms with van der Waals surface area (Å²) in [6, 6.07) is 2.05. The summed E-state index contributed by atoms with van der Waals surface area (Å²) in [5.41, 5.74) is 0. The maximum absolute atomic E-state index is 5.85. The molecule has 1 heterocycles. The van der Waals surface area contributed by atoms with E-state index in [1.54, 1.807) is 6.26 Å². The molecule has 1 rings (SSSR count). The van der Waals surface area contributed by atoms with Gasteiger partial charge in [0.1, 0.15) is 17.8 Å². The summed E-state index contributed by atoms with van der Waals surface area (Å²) in [5, 5.41) is 0. The Morgan fingerprint density at radius 3 is 2.56 bits per heavy atom. The number of rotatable bonds is 7. The molecule has 1 aromatic heterocycles. The lowest BCUT2D eigenvalue weighted by atomic mass is 10.1. The van der Waals surface area contributed by atoms with Crippen LogP contribution < -0.4 is 4.43 Å². The van der Waals surface area contributed by atoms with E-state index in [2.05, 4.69) is 26.6 Å². The molecule has 0 saturated heterocycles. The van der Waals surface area contributed by atoms with Crippen LogP contribution in [0.2, 0.25) is 19.6 Å². The fourth-order valence-electron chi connectivity index (χ4n) is 1.62. The molecule has 0 fully saturated rings. The Morgan fingerprint density at radius 1 is 1.19 bits per heavy atom. The van der Waals surface area contributed by atoms with E-state index in [0.29, 0.717) is 0 Å². The number of hydrogen-bond acceptors (Lipinski definition) is 2. The van der Waals surface area contributed by atoms with Crippen molar-refractivity contribution in [3.63, 3.8) is 0 Å². The molecule has 0 spiro atoms. The lowest BCUT2D eigenvalue weighted by Crippen LogP contribution is -2.28. The van der Waals surface area contributed by atoms with E-state index in [9.17, 15) is 0 Å². The van der Waals surface area contributed by atoms with Crippen molar-refractivity contribution < 1.29 is 8.84 Å². The summed E-state index contributed by atoms with van der Waals surface area (Å²) < 4.78 is 11.3. The van der Waals surface area contributed by atoms with Crippen LogP contribution in [0, 0.1) is 0 Å². The van der Waals surface area contributed by atoms with E-state index in [-0.39, 0.29) is 0 Å². The molecule has 0 aliphatic rings. The molecule has 0 radical (unpaired) electrons. The minimum absolute atomic E-state index is 0.907. The van der Waals surface area contributed by atoms with Crippen molar-refractivity contribution in [2.45, 2.75) is 58.7 Å². The number of unbranched alkanes of at least 4 members (excludes halogenated alkanes) is 3. The van der Waals surface area contributed by atoms with Gasteiger partial charge >= 0.3 is 0 Å². The van der Waals surface area contributed by atoms with Crippen molar-refractivity contribution in [2.75, 3.05) is 0 Å². The van der Waals surface area contributed by atoms with E-state index >= 15 is 0 Å². The summed E-state index contributed by atoms with van der Waals surface area (Å²) in [7, 11) is -1.49. The van der Waals surface area contributed by atoms with Gasteiger partial charge in [0.05, 0.1) is 0 Å². The van der Waals surface area contributed by atoms with E-state index in [1.807, 2.05) is 6.07 Å². The van der Waals surface area contributed by atoms with E-state index in [1.165, 1.54) is 25.7 Å². The van der Waals surface area contributed by atoms with Crippen molar-refractivity contribution in [1.29, 1.82) is 0 Å². The van der Waals surface area contributed by atoms with Gasteiger partial charge in [-0.15, -0.1) is 0 Å². The van der Waals surface area contributed by atoms with Crippen LogP contribution in [-0.4, -0.2) is 8.32 Å². The second kappa shape index (κ2) is 6.14. The molecule has 0 N–H and O–H groups in total. The normalized spacial score (nSPS) is 11.8. The maximum Gasteiger partial charge on any atom is 0.242 e. The zero-order chi connectivity index (χ0) is 12.0. The molecule has 0 amide bonds. The molecule has 0 unspecified atom stereocenters. The van der Waals surface area contributed by atoms with Crippen molar-refractivity contribution >= 4 is 8.32 Å². The predicted molar refractivity (Wildman–Crippen MR) is 70.5 cm³/mol. The van der Waals surface area contributed by atoms with Crippen molar-refractivity contribution in [3.05, 3.63) is 18.1 Å². The predicted octanol–water partition coefficient (Wildman–Crippen LogP) is 4.62. The van der Waals surface area contributed by atoms with Gasteiger partial charge in [-0.3, -0.25) is 0 Å². The van der Waals surface area contributed by atoms with Gasteiger partial charge in [-0.2, -0.15) is 0 Å². The Morgan fingerprint density at radius 2 is 1.94 bits per heavy atom. The van der Waals surface area contributed by atoms with Gasteiger partial charge in [-0.25, -0.2) is 0 Å². The first-order chi connectivity index (χ1) is 7.51. The highest BCUT2D eigenvalue weighted by Gasteiger charge is 2.17. The molecule has 0 bridgehead atoms. The van der Waals surface area contributed by atoms with Gasteiger partial charge < -0.3 is 8.84 Å². The standard InChI is InChI=1S/C13H24O2Si/c1-5-6-7-8-9-12-10-13(11-14-12)15-16(2,3)4/h10-11H,5-9H2,1-4H3. The Hall–Kier alpha value is -0.703. The highest BCUT2D eigenvalue weighted by molar-refractivity contribution is 6.70. The zero-order valence-corrected chi connectivity index (χ0v) is 12.0. The van der Waals surface area contributed by atoms with E-state index < -0.39 is 8.32 Å².